The average Bonchev–Trinajstić information content (AvgIpc) is 2.55. The van der Waals surface area contributed by atoms with Crippen LogP contribution < -0.4 is 0 Å². The topological polar surface area (TPSA) is 17.1 Å². The van der Waals surface area contributed by atoms with Crippen molar-refractivity contribution in [1.29, 1.82) is 0 Å². The molecule has 0 radical (unpaired) electrons. The van der Waals surface area contributed by atoms with Crippen LogP contribution in [0.3, 0.4) is 0 Å². The van der Waals surface area contributed by atoms with Gasteiger partial charge in [-0.1, -0.05) is 55.7 Å². The van der Waals surface area contributed by atoms with E-state index in [2.05, 4.69) is 12.1 Å². The van der Waals surface area contributed by atoms with Crippen molar-refractivity contribution in [2.24, 2.45) is 0 Å². The van der Waals surface area contributed by atoms with E-state index in [1.165, 1.54) is 49.8 Å². The summed E-state index contributed by atoms with van der Waals surface area (Å²) >= 11 is 0. The summed E-state index contributed by atoms with van der Waals surface area (Å²) in [5.41, 5.74) is 2.35. The van der Waals surface area contributed by atoms with Crippen molar-refractivity contribution < 1.29 is 9.18 Å². The Morgan fingerprint density at radius 2 is 1.62 bits per heavy atom. The minimum Gasteiger partial charge on any atom is -0.289 e. The van der Waals surface area contributed by atoms with Crippen molar-refractivity contribution in [3.05, 3.63) is 71.0 Å². The van der Waals surface area contributed by atoms with E-state index in [4.69, 9.17) is 0 Å². The molecule has 2 aromatic carbocycles. The summed E-state index contributed by atoms with van der Waals surface area (Å²) < 4.78 is 13.2. The maximum absolute atomic E-state index is 13.2. The van der Waals surface area contributed by atoms with Gasteiger partial charge in [-0.15, -0.1) is 0 Å². The summed E-state index contributed by atoms with van der Waals surface area (Å²) in [4.78, 5) is 12.3. The first-order chi connectivity index (χ1) is 10.2. The molecule has 0 N–H and O–H groups in total. The van der Waals surface area contributed by atoms with Crippen LogP contribution in [0.1, 0.15) is 59.5 Å². The zero-order valence-corrected chi connectivity index (χ0v) is 12.0. The zero-order chi connectivity index (χ0) is 14.7. The monoisotopic (exact) mass is 282 g/mol. The van der Waals surface area contributed by atoms with Gasteiger partial charge in [0.2, 0.25) is 0 Å². The molecule has 0 spiro atoms. The molecule has 1 aliphatic rings. The van der Waals surface area contributed by atoms with Crippen LogP contribution in [-0.2, 0) is 0 Å². The maximum Gasteiger partial charge on any atom is 0.193 e. The zero-order valence-electron chi connectivity index (χ0n) is 12.0. The molecular formula is C19H19FO. The van der Waals surface area contributed by atoms with Crippen LogP contribution >= 0.6 is 0 Å². The van der Waals surface area contributed by atoms with Crippen molar-refractivity contribution in [2.75, 3.05) is 0 Å². The number of rotatable bonds is 3. The molecule has 108 valence electrons. The van der Waals surface area contributed by atoms with Gasteiger partial charge < -0.3 is 0 Å². The van der Waals surface area contributed by atoms with Crippen LogP contribution in [0.4, 0.5) is 4.39 Å². The molecule has 0 heterocycles. The van der Waals surface area contributed by atoms with Crippen LogP contribution in [0.25, 0.3) is 0 Å². The van der Waals surface area contributed by atoms with Gasteiger partial charge in [0.15, 0.2) is 5.78 Å². The Balaban J connectivity index is 1.78. The lowest BCUT2D eigenvalue weighted by molar-refractivity contribution is 0.103. The third-order valence-corrected chi connectivity index (χ3v) is 4.34. The Labute approximate surface area is 124 Å². The van der Waals surface area contributed by atoms with Crippen molar-refractivity contribution in [1.82, 2.24) is 0 Å². The smallest absolute Gasteiger partial charge is 0.193 e. The van der Waals surface area contributed by atoms with E-state index in [-0.39, 0.29) is 11.6 Å². The highest BCUT2D eigenvalue weighted by Gasteiger charge is 2.16. The van der Waals surface area contributed by atoms with Gasteiger partial charge in [0, 0.05) is 11.1 Å². The first kappa shape index (κ1) is 14.0. The molecule has 0 saturated heterocycles. The summed E-state index contributed by atoms with van der Waals surface area (Å²) in [5.74, 6) is 0.140. The molecule has 2 heteroatoms. The van der Waals surface area contributed by atoms with E-state index in [0.717, 1.165) is 0 Å². The molecule has 1 fully saturated rings. The van der Waals surface area contributed by atoms with Gasteiger partial charge in [0.05, 0.1) is 0 Å². The second-order valence-electron chi connectivity index (χ2n) is 5.80. The number of halogens is 1. The van der Waals surface area contributed by atoms with Gasteiger partial charge in [0.1, 0.15) is 5.82 Å². The van der Waals surface area contributed by atoms with Crippen LogP contribution in [0.5, 0.6) is 0 Å². The van der Waals surface area contributed by atoms with E-state index in [0.29, 0.717) is 17.0 Å². The van der Waals surface area contributed by atoms with Crippen molar-refractivity contribution in [3.8, 4) is 0 Å². The molecule has 1 aliphatic carbocycles. The summed E-state index contributed by atoms with van der Waals surface area (Å²) in [7, 11) is 0. The molecule has 2 aromatic rings. The molecule has 1 saturated carbocycles. The predicted octanol–water partition coefficient (Wildman–Crippen LogP) is 5.10. The highest BCUT2D eigenvalue weighted by molar-refractivity contribution is 6.08. The fourth-order valence-electron chi connectivity index (χ4n) is 3.14. The standard InChI is InChI=1S/C19H19FO/c20-18-8-4-7-17(13-18)19(21)16-11-9-15(10-12-16)14-5-2-1-3-6-14/h4,7-14H,1-3,5-6H2. The molecule has 0 unspecified atom stereocenters. The minimum atomic E-state index is -0.375. The first-order valence-corrected chi connectivity index (χ1v) is 7.64. The van der Waals surface area contributed by atoms with Gasteiger partial charge in [-0.3, -0.25) is 4.79 Å². The lowest BCUT2D eigenvalue weighted by Crippen LogP contribution is -2.06. The number of ketones is 1. The maximum atomic E-state index is 13.2. The summed E-state index contributed by atoms with van der Waals surface area (Å²) in [5, 5.41) is 0. The number of carbonyl (C=O) groups is 1. The molecular weight excluding hydrogens is 263 g/mol. The molecule has 0 atom stereocenters. The fraction of sp³-hybridized carbons (Fsp3) is 0.316. The number of carbonyl (C=O) groups excluding carboxylic acids is 1. The number of benzene rings is 2. The predicted molar refractivity (Wildman–Crippen MR) is 82.1 cm³/mol. The molecule has 21 heavy (non-hydrogen) atoms. The minimum absolute atomic E-state index is 0.121. The lowest BCUT2D eigenvalue weighted by atomic mass is 9.84. The third kappa shape index (κ3) is 3.21. The van der Waals surface area contributed by atoms with Crippen LogP contribution in [0.2, 0.25) is 0 Å². The molecule has 0 amide bonds. The molecule has 0 aromatic heterocycles. The van der Waals surface area contributed by atoms with Crippen molar-refractivity contribution >= 4 is 5.78 Å². The number of hydrogen-bond acceptors (Lipinski definition) is 1. The highest BCUT2D eigenvalue weighted by Crippen LogP contribution is 2.32. The fourth-order valence-corrected chi connectivity index (χ4v) is 3.14. The van der Waals surface area contributed by atoms with Gasteiger partial charge in [-0.2, -0.15) is 0 Å². The number of hydrogen-bond donors (Lipinski definition) is 0. The third-order valence-electron chi connectivity index (χ3n) is 4.34. The van der Waals surface area contributed by atoms with Crippen LogP contribution in [0, 0.1) is 5.82 Å². The molecule has 0 aliphatic heterocycles. The van der Waals surface area contributed by atoms with E-state index in [1.807, 2.05) is 12.1 Å². The Morgan fingerprint density at radius 3 is 2.29 bits per heavy atom. The Hall–Kier alpha value is -1.96. The average molecular weight is 282 g/mol. The molecule has 3 rings (SSSR count). The summed E-state index contributed by atoms with van der Waals surface area (Å²) in [6, 6.07) is 13.7. The van der Waals surface area contributed by atoms with E-state index >= 15 is 0 Å². The molecule has 0 bridgehead atoms. The van der Waals surface area contributed by atoms with E-state index in [1.54, 1.807) is 12.1 Å². The first-order valence-electron chi connectivity index (χ1n) is 7.64. The van der Waals surface area contributed by atoms with Gasteiger partial charge in [0.25, 0.3) is 0 Å². The van der Waals surface area contributed by atoms with Gasteiger partial charge >= 0.3 is 0 Å². The van der Waals surface area contributed by atoms with Gasteiger partial charge in [-0.25, -0.2) is 4.39 Å². The second-order valence-corrected chi connectivity index (χ2v) is 5.80. The largest absolute Gasteiger partial charge is 0.289 e. The highest BCUT2D eigenvalue weighted by atomic mass is 19.1. The van der Waals surface area contributed by atoms with Crippen LogP contribution in [0.15, 0.2) is 48.5 Å². The van der Waals surface area contributed by atoms with Crippen molar-refractivity contribution in [2.45, 2.75) is 38.0 Å². The van der Waals surface area contributed by atoms with Crippen LogP contribution in [-0.4, -0.2) is 5.78 Å². The summed E-state index contributed by atoms with van der Waals surface area (Å²) in [6.07, 6.45) is 6.43. The quantitative estimate of drug-likeness (QED) is 0.715. The lowest BCUT2D eigenvalue weighted by Gasteiger charge is -2.22. The normalized spacial score (nSPS) is 15.9. The Morgan fingerprint density at radius 1 is 0.905 bits per heavy atom. The summed E-state index contributed by atoms with van der Waals surface area (Å²) in [6.45, 7) is 0. The SMILES string of the molecule is O=C(c1ccc(C2CCCCC2)cc1)c1cccc(F)c1. The van der Waals surface area contributed by atoms with E-state index in [9.17, 15) is 9.18 Å². The van der Waals surface area contributed by atoms with E-state index < -0.39 is 0 Å². The Kier molecular flexibility index (Phi) is 4.14. The van der Waals surface area contributed by atoms with Gasteiger partial charge in [-0.05, 0) is 36.5 Å². The Bertz CT molecular complexity index is 624. The van der Waals surface area contributed by atoms with Crippen molar-refractivity contribution in [3.63, 3.8) is 0 Å². The second kappa shape index (κ2) is 6.21. The molecule has 1 nitrogen and oxygen atoms in total.